The molecule has 9 nitrogen and oxygen atoms in total. The third-order valence-electron chi connectivity index (χ3n) is 16.8. The Bertz CT molecular complexity index is 4590. The Morgan fingerprint density at radius 3 is 0.742 bits per heavy atom. The Kier molecular flexibility index (Phi) is 52.5. The van der Waals surface area contributed by atoms with Gasteiger partial charge in [-0.1, -0.05) is 435 Å². The largest absolute Gasteiger partial charge is 0.509 e. The van der Waals surface area contributed by atoms with Crippen molar-refractivity contribution in [3.8, 4) is 0 Å². The van der Waals surface area contributed by atoms with Gasteiger partial charge in [0.25, 0.3) is 0 Å². The monoisotopic (exact) mass is 1940 g/mol. The third-order valence-corrected chi connectivity index (χ3v) is 29.4. The molecule has 0 atom stereocenters. The van der Waals surface area contributed by atoms with E-state index in [0.29, 0.717) is 20.5 Å². The fourth-order valence-corrected chi connectivity index (χ4v) is 23.4. The van der Waals surface area contributed by atoms with Crippen molar-refractivity contribution in [1.82, 2.24) is 9.97 Å². The minimum absolute atomic E-state index is 0. The molecular weight excluding hydrogens is 1850 g/mol. The van der Waals surface area contributed by atoms with Crippen LogP contribution in [0, 0.1) is 13.8 Å². The van der Waals surface area contributed by atoms with Crippen molar-refractivity contribution in [3.05, 3.63) is 459 Å². The van der Waals surface area contributed by atoms with E-state index in [0.717, 1.165) is 62.5 Å². The summed E-state index contributed by atoms with van der Waals surface area (Å²) in [5.41, 5.74) is 3.44. The predicted molar refractivity (Wildman–Crippen MR) is 521 cm³/mol. The molecule has 0 aliphatic rings. The van der Waals surface area contributed by atoms with E-state index >= 15 is 0 Å². The number of aromatic nitrogens is 2. The van der Waals surface area contributed by atoms with Crippen LogP contribution < -0.4 is 69.1 Å². The van der Waals surface area contributed by atoms with Gasteiger partial charge in [0.2, 0.25) is 0 Å². The number of rotatable bonds is 19. The normalized spacial score (nSPS) is 9.87. The maximum Gasteiger partial charge on any atom is 0.488 e. The van der Waals surface area contributed by atoms with Crippen LogP contribution in [-0.2, 0) is 41.9 Å². The molecule has 16 rings (SSSR count). The van der Waals surface area contributed by atoms with E-state index in [1.807, 2.05) is 38.1 Å². The molecule has 0 unspecified atom stereocenters. The first-order chi connectivity index (χ1) is 56.9. The summed E-state index contributed by atoms with van der Waals surface area (Å²) in [6.45, 7) is 4.67. The third kappa shape index (κ3) is 35.4. The number of aldehydes is 2. The number of hydrogen-bond acceptors (Lipinski definition) is 11. The number of benzene rings is 14. The molecule has 0 spiro atoms. The molecule has 0 saturated heterocycles. The summed E-state index contributed by atoms with van der Waals surface area (Å²) < 4.78 is 0. The summed E-state index contributed by atoms with van der Waals surface area (Å²) >= 11 is 17.6. The van der Waals surface area contributed by atoms with Crippen molar-refractivity contribution >= 4 is 292 Å². The van der Waals surface area contributed by atoms with Gasteiger partial charge in [-0.15, -0.1) is 22.7 Å². The van der Waals surface area contributed by atoms with Gasteiger partial charge >= 0.3 is 7.12 Å². The number of alkyl halides is 1. The molecule has 0 aliphatic carbocycles. The van der Waals surface area contributed by atoms with E-state index in [9.17, 15) is 9.59 Å². The zero-order valence-corrected chi connectivity index (χ0v) is 81.9. The first kappa shape index (κ1) is 104. The molecule has 0 saturated carbocycles. The maximum atomic E-state index is 10.6. The van der Waals surface area contributed by atoms with Crippen LogP contribution in [0.3, 0.4) is 0 Å². The molecule has 2 radical (unpaired) electrons. The number of aryl methyl sites for hydroxylation is 2. The Labute approximate surface area is 837 Å². The minimum Gasteiger partial charge on any atom is -0.509 e. The fourth-order valence-electron chi connectivity index (χ4n) is 11.5. The average Bonchev–Trinajstić information content (AvgIpc) is 1.46. The van der Waals surface area contributed by atoms with E-state index in [1.165, 1.54) is 92.4 Å². The van der Waals surface area contributed by atoms with E-state index in [4.69, 9.17) is 43.3 Å². The van der Waals surface area contributed by atoms with Crippen molar-refractivity contribution < 1.29 is 55.0 Å². The second kappa shape index (κ2) is 60.4. The van der Waals surface area contributed by atoms with E-state index < -0.39 is 38.8 Å². The van der Waals surface area contributed by atoms with Gasteiger partial charge < -0.3 is 19.7 Å². The SMILES string of the molecule is C.Cc1sc(C=O)nc1CBr.Cc1sc(C=O)nc1Cc1cccc(Cl)c1.O=[C-]OO.OB(O)c1cccc(Cl)c1.[K].[K].[Pd].c1ccc(P(c2ccccc2)c2ccccc2)cc1.c1ccc(P(c2ccccc2)c2ccccc2)cc1.c1ccc(P(c2ccccc2)c2ccccc2)cc1.c1ccc(P(c2ccccc2)c2ccccc2)cc1. The second-order valence-corrected chi connectivity index (χ2v) is 37.5. The van der Waals surface area contributed by atoms with Crippen molar-refractivity contribution in [2.75, 3.05) is 0 Å². The van der Waals surface area contributed by atoms with Crippen LogP contribution in [0.25, 0.3) is 0 Å². The van der Waals surface area contributed by atoms with Gasteiger partial charge in [0.15, 0.2) is 22.6 Å². The summed E-state index contributed by atoms with van der Waals surface area (Å²) in [6.07, 6.45) is 2.29. The predicted octanol–water partition coefficient (Wildman–Crippen LogP) is 18.9. The average molecular weight is 1940 g/mol. The quantitative estimate of drug-likeness (QED) is 0.0137. The number of nitrogens with zero attached hydrogens (tertiary/aromatic N) is 2. The Morgan fingerprint density at radius 2 is 0.575 bits per heavy atom. The van der Waals surface area contributed by atoms with Gasteiger partial charge in [-0.25, -0.2) is 15.2 Å². The van der Waals surface area contributed by atoms with Gasteiger partial charge in [0.1, 0.15) is 0 Å². The Balaban J connectivity index is 0.000000249. The second-order valence-electron chi connectivity index (χ2n) is 24.8. The van der Waals surface area contributed by atoms with E-state index in [1.54, 1.807) is 18.2 Å². The molecule has 0 fully saturated rings. The molecule has 120 heavy (non-hydrogen) atoms. The van der Waals surface area contributed by atoms with Gasteiger partial charge in [-0.2, -0.15) is 0 Å². The van der Waals surface area contributed by atoms with Gasteiger partial charge in [0.05, 0.1) is 11.4 Å². The summed E-state index contributed by atoms with van der Waals surface area (Å²) in [5, 5.41) is 44.1. The number of carbonyl (C=O) groups excluding carboxylic acids is 3. The van der Waals surface area contributed by atoms with Gasteiger partial charge in [0, 0.05) is 155 Å². The molecule has 3 N–H and O–H groups in total. The molecule has 600 valence electrons. The number of thiazole rings is 2. The van der Waals surface area contributed by atoms with Crippen LogP contribution in [-0.4, -0.2) is 154 Å². The molecule has 2 heterocycles. The molecule has 22 heteroatoms. The van der Waals surface area contributed by atoms with Crippen LogP contribution in [0.15, 0.2) is 413 Å². The topological polar surface area (TPSA) is 147 Å². The molecule has 16 aromatic rings. The molecule has 0 aliphatic heterocycles. The van der Waals surface area contributed by atoms with Crippen LogP contribution in [0.5, 0.6) is 0 Å². The number of carbonyl (C=O) groups is 2. The van der Waals surface area contributed by atoms with Crippen molar-refractivity contribution in [2.45, 2.75) is 33.0 Å². The first-order valence-corrected chi connectivity index (χ1v) is 45.5. The molecule has 0 bridgehead atoms. The molecule has 14 aromatic carbocycles. The Hall–Kier alpha value is -6.19. The van der Waals surface area contributed by atoms with Crippen LogP contribution in [0.4, 0.5) is 0 Å². The van der Waals surface area contributed by atoms with Crippen molar-refractivity contribution in [2.24, 2.45) is 0 Å². The van der Waals surface area contributed by atoms with Gasteiger partial charge in [-0.3, -0.25) is 9.59 Å². The van der Waals surface area contributed by atoms with Crippen molar-refractivity contribution in [3.63, 3.8) is 0 Å². The fraction of sp³-hybridized carbons (Fsp3) is 0.0510. The zero-order valence-electron chi connectivity index (χ0n) is 65.8. The summed E-state index contributed by atoms with van der Waals surface area (Å²) in [4.78, 5) is 42.6. The van der Waals surface area contributed by atoms with Crippen molar-refractivity contribution in [1.29, 1.82) is 0 Å². The number of hydrogen-bond donors (Lipinski definition) is 3. The standard InChI is InChI=1S/4C18H15P.C12H10ClNOS.C6H6BClO2.C6H6BrNOS.CHO3.CH4.2K.Pd/c4*1-4-10-16(11-5-1)19(17-12-6-2-7-13-17)18-14-8-3-9-15-18;1-8-11(14-12(7-15)16-8)6-9-3-2-4-10(13)5-9;8-6-3-1-2-5(4-6)7(9)10;1-4-5(2-7)8-6(3-9)10-4;2-1-4-3;;;;/h4*1-15H;2-5,7H,6H2,1H3;1-4,9-10H;3H,2H2,1H3;3H;1H4;;;/q;;;;;;;-1;;;;. The zero-order chi connectivity index (χ0) is 81.7. The smallest absolute Gasteiger partial charge is 0.488 e. The Morgan fingerprint density at radius 1 is 0.367 bits per heavy atom. The number of halogens is 3. The minimum atomic E-state index is -1.43. The van der Waals surface area contributed by atoms with Crippen LogP contribution >= 0.6 is 93.5 Å². The van der Waals surface area contributed by atoms with E-state index in [-0.39, 0.29) is 131 Å². The van der Waals surface area contributed by atoms with E-state index in [2.05, 4.69) is 395 Å². The molecule has 2 aromatic heterocycles. The molecule has 0 amide bonds. The summed E-state index contributed by atoms with van der Waals surface area (Å²) in [7, 11) is -3.22. The van der Waals surface area contributed by atoms with Crippen LogP contribution in [0.2, 0.25) is 10.0 Å². The van der Waals surface area contributed by atoms with Gasteiger partial charge in [-0.05, 0) is 151 Å². The maximum absolute atomic E-state index is 10.6. The van der Waals surface area contributed by atoms with Crippen LogP contribution in [0.1, 0.15) is 53.7 Å². The first-order valence-electron chi connectivity index (χ1n) is 36.6. The molecular formula is C98H87BBrCl2K2N2O7P4PdS2-. The summed E-state index contributed by atoms with van der Waals surface area (Å²) in [6, 6.07) is 143. The summed E-state index contributed by atoms with van der Waals surface area (Å²) in [5.74, 6) is 0.